The Morgan fingerprint density at radius 2 is 2.21 bits per heavy atom. The van der Waals surface area contributed by atoms with Crippen molar-refractivity contribution in [2.24, 2.45) is 0 Å². The van der Waals surface area contributed by atoms with Crippen LogP contribution in [0.3, 0.4) is 0 Å². The molecule has 1 heterocycles. The van der Waals surface area contributed by atoms with Gasteiger partial charge >= 0.3 is 5.97 Å². The monoisotopic (exact) mass is 421 g/mol. The van der Waals surface area contributed by atoms with Crippen LogP contribution in [0, 0.1) is 0 Å². The summed E-state index contributed by atoms with van der Waals surface area (Å²) in [7, 11) is 3.37. The zero-order chi connectivity index (χ0) is 20.5. The van der Waals surface area contributed by atoms with Crippen LogP contribution in [0.4, 0.5) is 0 Å². The summed E-state index contributed by atoms with van der Waals surface area (Å²) in [5.74, 6) is -0.370. The maximum absolute atomic E-state index is 13.1. The van der Waals surface area contributed by atoms with Gasteiger partial charge in [0.2, 0.25) is 10.0 Å². The summed E-state index contributed by atoms with van der Waals surface area (Å²) in [5.41, 5.74) is 2.05. The fraction of sp³-hybridized carbons (Fsp3) is 0.444. The Hall–Kier alpha value is -1.84. The zero-order valence-electron chi connectivity index (χ0n) is 15.8. The molecule has 10 heteroatoms. The Kier molecular flexibility index (Phi) is 6.17. The van der Waals surface area contributed by atoms with E-state index in [1.54, 1.807) is 17.8 Å². The molecule has 1 aliphatic rings. The molecular weight excluding hydrogens is 401 g/mol. The van der Waals surface area contributed by atoms with Crippen molar-refractivity contribution in [1.29, 1.82) is 0 Å². The second-order valence-electron chi connectivity index (χ2n) is 6.63. The van der Waals surface area contributed by atoms with Gasteiger partial charge in [0.1, 0.15) is 19.3 Å². The van der Waals surface area contributed by atoms with Crippen LogP contribution in [-0.2, 0) is 32.5 Å². The van der Waals surface area contributed by atoms with E-state index in [0.29, 0.717) is 18.5 Å². The first-order valence-electron chi connectivity index (χ1n) is 8.99. The van der Waals surface area contributed by atoms with Crippen LogP contribution in [-0.4, -0.2) is 50.0 Å². The number of carbonyl (C=O) groups is 1. The second-order valence-corrected chi connectivity index (χ2v) is 9.00. The molecule has 3 rings (SSSR count). The highest BCUT2D eigenvalue weighted by molar-refractivity contribution is 7.89. The van der Waals surface area contributed by atoms with Gasteiger partial charge in [0.25, 0.3) is 0 Å². The Balaban J connectivity index is 1.91. The Morgan fingerprint density at radius 3 is 2.89 bits per heavy atom. The number of aromatic nitrogens is 2. The molecule has 148 valence electrons. The van der Waals surface area contributed by atoms with Crippen molar-refractivity contribution < 1.29 is 17.9 Å². The molecule has 7 nitrogen and oxygen atoms in total. The molecule has 2 radical (unpaired) electrons. The van der Waals surface area contributed by atoms with Gasteiger partial charge in [0, 0.05) is 18.3 Å². The van der Waals surface area contributed by atoms with E-state index in [0.717, 1.165) is 24.1 Å². The van der Waals surface area contributed by atoms with Gasteiger partial charge in [-0.25, -0.2) is 8.42 Å². The maximum atomic E-state index is 13.1. The lowest BCUT2D eigenvalue weighted by Gasteiger charge is -2.31. The average molecular weight is 422 g/mol. The number of rotatable bonds is 6. The SMILES string of the molecule is [B]c1ccc(S(=O)(=O)N(C)[C@@H]2CCCc3c2cnn3CC(=O)OCC)c(Cl)c1. The number of ether oxygens (including phenoxy) is 1. The minimum absolute atomic E-state index is 0.0101. The van der Waals surface area contributed by atoms with Crippen molar-refractivity contribution in [3.63, 3.8) is 0 Å². The average Bonchev–Trinajstić information content (AvgIpc) is 3.04. The predicted molar refractivity (Wildman–Crippen MR) is 106 cm³/mol. The normalized spacial score (nSPS) is 16.8. The van der Waals surface area contributed by atoms with Crippen LogP contribution in [0.1, 0.15) is 37.1 Å². The van der Waals surface area contributed by atoms with Crippen LogP contribution < -0.4 is 5.46 Å². The van der Waals surface area contributed by atoms with E-state index in [1.807, 2.05) is 0 Å². The molecule has 0 unspecified atom stereocenters. The molecule has 0 saturated heterocycles. The number of esters is 1. The quantitative estimate of drug-likeness (QED) is 0.522. The molecule has 0 N–H and O–H groups in total. The van der Waals surface area contributed by atoms with E-state index in [1.165, 1.54) is 29.6 Å². The third-order valence-corrected chi connectivity index (χ3v) is 7.22. The number of sulfonamides is 1. The first kappa shape index (κ1) is 20.9. The smallest absolute Gasteiger partial charge is 0.327 e. The van der Waals surface area contributed by atoms with Gasteiger partial charge in [-0.05, 0) is 38.3 Å². The zero-order valence-corrected chi connectivity index (χ0v) is 17.3. The van der Waals surface area contributed by atoms with Crippen LogP contribution >= 0.6 is 11.6 Å². The number of benzene rings is 1. The Morgan fingerprint density at radius 1 is 1.46 bits per heavy atom. The molecule has 28 heavy (non-hydrogen) atoms. The summed E-state index contributed by atoms with van der Waals surface area (Å²) in [4.78, 5) is 11.8. The molecule has 0 fully saturated rings. The van der Waals surface area contributed by atoms with Gasteiger partial charge in [-0.2, -0.15) is 9.40 Å². The minimum atomic E-state index is -3.83. The van der Waals surface area contributed by atoms with Crippen molar-refractivity contribution in [1.82, 2.24) is 14.1 Å². The van der Waals surface area contributed by atoms with Gasteiger partial charge in [-0.3, -0.25) is 9.48 Å². The molecule has 1 atom stereocenters. The number of fused-ring (bicyclic) bond motifs is 1. The van der Waals surface area contributed by atoms with Gasteiger partial charge in [-0.15, -0.1) is 0 Å². The largest absolute Gasteiger partial charge is 0.465 e. The number of hydrogen-bond acceptors (Lipinski definition) is 5. The number of halogens is 1. The molecule has 1 aromatic heterocycles. The Bertz CT molecular complexity index is 993. The summed E-state index contributed by atoms with van der Waals surface area (Å²) >= 11 is 6.13. The summed E-state index contributed by atoms with van der Waals surface area (Å²) in [6.45, 7) is 2.05. The van der Waals surface area contributed by atoms with E-state index in [9.17, 15) is 13.2 Å². The van der Waals surface area contributed by atoms with Gasteiger partial charge in [0.05, 0.1) is 23.9 Å². The molecule has 0 bridgehead atoms. The predicted octanol–water partition coefficient (Wildman–Crippen LogP) is 1.59. The van der Waals surface area contributed by atoms with E-state index in [2.05, 4.69) is 5.10 Å². The molecular formula is C18H21BClN3O4S. The van der Waals surface area contributed by atoms with Crippen LogP contribution in [0.5, 0.6) is 0 Å². The molecule has 0 aliphatic heterocycles. The minimum Gasteiger partial charge on any atom is -0.465 e. The van der Waals surface area contributed by atoms with Crippen molar-refractivity contribution >= 4 is 40.9 Å². The highest BCUT2D eigenvalue weighted by Crippen LogP contribution is 2.37. The van der Waals surface area contributed by atoms with Gasteiger partial charge < -0.3 is 4.74 Å². The van der Waals surface area contributed by atoms with E-state index in [-0.39, 0.29) is 22.4 Å². The summed E-state index contributed by atoms with van der Waals surface area (Å²) in [5, 5.41) is 4.37. The van der Waals surface area contributed by atoms with Crippen LogP contribution in [0.15, 0.2) is 29.3 Å². The van der Waals surface area contributed by atoms with Gasteiger partial charge in [0.15, 0.2) is 0 Å². The highest BCUT2D eigenvalue weighted by Gasteiger charge is 2.35. The molecule has 0 spiro atoms. The first-order valence-corrected chi connectivity index (χ1v) is 10.8. The topological polar surface area (TPSA) is 81.5 Å². The highest BCUT2D eigenvalue weighted by atomic mass is 35.5. The van der Waals surface area contributed by atoms with Crippen molar-refractivity contribution in [2.75, 3.05) is 13.7 Å². The number of nitrogens with zero attached hydrogens (tertiary/aromatic N) is 3. The lowest BCUT2D eigenvalue weighted by molar-refractivity contribution is -0.144. The van der Waals surface area contributed by atoms with Crippen LogP contribution in [0.2, 0.25) is 5.02 Å². The van der Waals surface area contributed by atoms with Gasteiger partial charge in [-0.1, -0.05) is 23.1 Å². The summed E-state index contributed by atoms with van der Waals surface area (Å²) < 4.78 is 34.2. The maximum Gasteiger partial charge on any atom is 0.327 e. The molecule has 2 aromatic rings. The van der Waals surface area contributed by atoms with E-state index < -0.39 is 16.1 Å². The Labute approximate surface area is 171 Å². The van der Waals surface area contributed by atoms with Crippen molar-refractivity contribution in [3.05, 3.63) is 40.7 Å². The van der Waals surface area contributed by atoms with Crippen molar-refractivity contribution in [2.45, 2.75) is 43.7 Å². The standard InChI is InChI=1S/C18H21BClN3O4S/c1-3-27-18(24)11-23-16-6-4-5-15(13(16)10-21-23)22(2)28(25,26)17-8-7-12(19)9-14(17)20/h7-10,15H,3-6,11H2,1-2H3/t15-/m1/s1. The van der Waals surface area contributed by atoms with Crippen molar-refractivity contribution in [3.8, 4) is 0 Å². The first-order chi connectivity index (χ1) is 13.3. The lowest BCUT2D eigenvalue weighted by atomic mass is 9.93. The van der Waals surface area contributed by atoms with E-state index in [4.69, 9.17) is 24.2 Å². The molecule has 1 aromatic carbocycles. The fourth-order valence-corrected chi connectivity index (χ4v) is 5.38. The van der Waals surface area contributed by atoms with E-state index >= 15 is 0 Å². The number of hydrogen-bond donors (Lipinski definition) is 0. The number of carbonyl (C=O) groups excluding carboxylic acids is 1. The molecule has 1 aliphatic carbocycles. The molecule has 0 saturated carbocycles. The second kappa shape index (κ2) is 8.27. The van der Waals surface area contributed by atoms with Crippen LogP contribution in [0.25, 0.3) is 0 Å². The summed E-state index contributed by atoms with van der Waals surface area (Å²) in [6, 6.07) is 3.96. The third kappa shape index (κ3) is 3.97. The fourth-order valence-electron chi connectivity index (χ4n) is 3.49. The molecule has 0 amide bonds. The lowest BCUT2D eigenvalue weighted by Crippen LogP contribution is -2.34. The third-order valence-electron chi connectivity index (χ3n) is 4.87. The summed E-state index contributed by atoms with van der Waals surface area (Å²) in [6.07, 6.45) is 3.79.